The van der Waals surface area contributed by atoms with Gasteiger partial charge >= 0.3 is 0 Å². The van der Waals surface area contributed by atoms with Gasteiger partial charge in [0, 0.05) is 18.5 Å². The maximum Gasteiger partial charge on any atom is 0.149 e. The fourth-order valence-electron chi connectivity index (χ4n) is 2.27. The third kappa shape index (κ3) is 1.87. The number of benzene rings is 1. The van der Waals surface area contributed by atoms with Crippen LogP contribution >= 0.6 is 11.6 Å². The molecule has 0 spiro atoms. The van der Waals surface area contributed by atoms with Gasteiger partial charge in [0.2, 0.25) is 0 Å². The molecule has 4 nitrogen and oxygen atoms in total. The number of nitrogens with zero attached hydrogens (tertiary/aromatic N) is 2. The normalized spacial score (nSPS) is 16.2. The van der Waals surface area contributed by atoms with Crippen LogP contribution in [0.3, 0.4) is 0 Å². The summed E-state index contributed by atoms with van der Waals surface area (Å²) in [6, 6.07) is 7.77. The molecule has 94 valence electrons. The first-order valence-corrected chi connectivity index (χ1v) is 6.31. The fraction of sp³-hybridized carbons (Fsp3) is 0.308. The first-order valence-electron chi connectivity index (χ1n) is 5.94. The highest BCUT2D eigenvalue weighted by Gasteiger charge is 2.19. The summed E-state index contributed by atoms with van der Waals surface area (Å²) in [5.41, 5.74) is 7.70. The molecule has 0 atom stereocenters. The first-order chi connectivity index (χ1) is 8.77. The van der Waals surface area contributed by atoms with Crippen molar-refractivity contribution in [3.05, 3.63) is 29.3 Å². The topological polar surface area (TPSA) is 51.4 Å². The van der Waals surface area contributed by atoms with Gasteiger partial charge in [0.1, 0.15) is 5.82 Å². The SMILES string of the molecule is Nc1nc2ccccc2c(Cl)c1N1CCOCC1. The number of ether oxygens (including phenoxy) is 1. The molecule has 3 rings (SSSR count). The van der Waals surface area contributed by atoms with E-state index in [0.29, 0.717) is 24.1 Å². The second kappa shape index (κ2) is 4.63. The van der Waals surface area contributed by atoms with Gasteiger partial charge in [-0.05, 0) is 6.07 Å². The van der Waals surface area contributed by atoms with Crippen LogP contribution in [0.15, 0.2) is 24.3 Å². The quantitative estimate of drug-likeness (QED) is 0.858. The van der Waals surface area contributed by atoms with Crippen molar-refractivity contribution in [1.29, 1.82) is 0 Å². The first kappa shape index (κ1) is 11.6. The zero-order valence-corrected chi connectivity index (χ0v) is 10.7. The Morgan fingerprint density at radius 3 is 2.72 bits per heavy atom. The van der Waals surface area contributed by atoms with Crippen LogP contribution < -0.4 is 10.6 Å². The zero-order valence-electron chi connectivity index (χ0n) is 9.90. The summed E-state index contributed by atoms with van der Waals surface area (Å²) < 4.78 is 5.34. The van der Waals surface area contributed by atoms with E-state index >= 15 is 0 Å². The van der Waals surface area contributed by atoms with Crippen LogP contribution in [0.25, 0.3) is 10.9 Å². The number of rotatable bonds is 1. The molecule has 2 heterocycles. The van der Waals surface area contributed by atoms with Gasteiger partial charge in [-0.1, -0.05) is 29.8 Å². The van der Waals surface area contributed by atoms with Crippen LogP contribution in [0, 0.1) is 0 Å². The van der Waals surface area contributed by atoms with Crippen LogP contribution in [0.1, 0.15) is 0 Å². The molecule has 0 amide bonds. The summed E-state index contributed by atoms with van der Waals surface area (Å²) in [6.45, 7) is 2.99. The molecule has 1 aromatic carbocycles. The minimum atomic E-state index is 0.487. The molecule has 1 aromatic heterocycles. The molecular formula is C13H14ClN3O. The van der Waals surface area contributed by atoms with Gasteiger partial charge in [0.05, 0.1) is 29.4 Å². The zero-order chi connectivity index (χ0) is 12.5. The maximum atomic E-state index is 6.48. The molecule has 0 bridgehead atoms. The fourth-order valence-corrected chi connectivity index (χ4v) is 2.64. The van der Waals surface area contributed by atoms with E-state index in [9.17, 15) is 0 Å². The van der Waals surface area contributed by atoms with Gasteiger partial charge in [0.25, 0.3) is 0 Å². The highest BCUT2D eigenvalue weighted by Crippen LogP contribution is 2.36. The largest absolute Gasteiger partial charge is 0.382 e. The van der Waals surface area contributed by atoms with Gasteiger partial charge in [-0.3, -0.25) is 0 Å². The van der Waals surface area contributed by atoms with Crippen molar-refractivity contribution in [1.82, 2.24) is 4.98 Å². The lowest BCUT2D eigenvalue weighted by molar-refractivity contribution is 0.123. The molecule has 1 saturated heterocycles. The minimum Gasteiger partial charge on any atom is -0.382 e. The van der Waals surface area contributed by atoms with Crippen molar-refractivity contribution in [2.24, 2.45) is 0 Å². The molecular weight excluding hydrogens is 250 g/mol. The summed E-state index contributed by atoms with van der Waals surface area (Å²) in [4.78, 5) is 6.56. The standard InChI is InChI=1S/C13H14ClN3O/c14-11-9-3-1-2-4-10(9)16-13(15)12(11)17-5-7-18-8-6-17/h1-4H,5-8H2,(H2,15,16). The van der Waals surface area contributed by atoms with Crippen LogP contribution in [-0.4, -0.2) is 31.3 Å². The number of nitrogens with two attached hydrogens (primary N) is 1. The third-order valence-electron chi connectivity index (χ3n) is 3.16. The molecule has 5 heteroatoms. The lowest BCUT2D eigenvalue weighted by Crippen LogP contribution is -2.37. The second-order valence-electron chi connectivity index (χ2n) is 4.28. The lowest BCUT2D eigenvalue weighted by atomic mass is 10.2. The Hall–Kier alpha value is -1.52. The predicted molar refractivity (Wildman–Crippen MR) is 74.2 cm³/mol. The highest BCUT2D eigenvalue weighted by molar-refractivity contribution is 6.38. The van der Waals surface area contributed by atoms with E-state index < -0.39 is 0 Å². The summed E-state index contributed by atoms with van der Waals surface area (Å²) >= 11 is 6.48. The summed E-state index contributed by atoms with van der Waals surface area (Å²) in [7, 11) is 0. The molecule has 18 heavy (non-hydrogen) atoms. The van der Waals surface area contributed by atoms with Crippen LogP contribution in [0.5, 0.6) is 0 Å². The number of fused-ring (bicyclic) bond motifs is 1. The molecule has 0 saturated carbocycles. The van der Waals surface area contributed by atoms with Crippen LogP contribution in [-0.2, 0) is 4.74 Å². The molecule has 0 unspecified atom stereocenters. The van der Waals surface area contributed by atoms with Crippen molar-refractivity contribution in [2.75, 3.05) is 36.9 Å². The Labute approximate surface area is 110 Å². The van der Waals surface area contributed by atoms with E-state index in [1.54, 1.807) is 0 Å². The van der Waals surface area contributed by atoms with E-state index in [1.807, 2.05) is 24.3 Å². The summed E-state index contributed by atoms with van der Waals surface area (Å²) in [6.07, 6.45) is 0. The molecule has 0 aliphatic carbocycles. The summed E-state index contributed by atoms with van der Waals surface area (Å²) in [5, 5.41) is 1.62. The number of aromatic nitrogens is 1. The van der Waals surface area contributed by atoms with Crippen LogP contribution in [0.4, 0.5) is 11.5 Å². The number of anilines is 2. The minimum absolute atomic E-state index is 0.487. The van der Waals surface area contributed by atoms with Crippen molar-refractivity contribution >= 4 is 34.0 Å². The molecule has 1 aliphatic rings. The Kier molecular flexibility index (Phi) is 2.97. The van der Waals surface area contributed by atoms with Gasteiger partial charge in [0.15, 0.2) is 0 Å². The number of para-hydroxylation sites is 1. The second-order valence-corrected chi connectivity index (χ2v) is 4.65. The van der Waals surface area contributed by atoms with Gasteiger partial charge in [-0.15, -0.1) is 0 Å². The molecule has 2 N–H and O–H groups in total. The van der Waals surface area contributed by atoms with Crippen molar-refractivity contribution < 1.29 is 4.74 Å². The van der Waals surface area contributed by atoms with Gasteiger partial charge in [-0.25, -0.2) is 4.98 Å². The number of hydrogen-bond acceptors (Lipinski definition) is 4. The number of pyridine rings is 1. The molecule has 1 aliphatic heterocycles. The van der Waals surface area contributed by atoms with Crippen LogP contribution in [0.2, 0.25) is 5.02 Å². The Bertz CT molecular complexity index is 582. The number of halogens is 1. The Morgan fingerprint density at radius 1 is 1.22 bits per heavy atom. The van der Waals surface area contributed by atoms with Gasteiger partial charge < -0.3 is 15.4 Å². The van der Waals surface area contributed by atoms with Gasteiger partial charge in [-0.2, -0.15) is 0 Å². The van der Waals surface area contributed by atoms with E-state index in [0.717, 1.165) is 29.7 Å². The predicted octanol–water partition coefficient (Wildman–Crippen LogP) is 2.31. The average Bonchev–Trinajstić information content (AvgIpc) is 2.40. The molecule has 0 radical (unpaired) electrons. The van der Waals surface area contributed by atoms with E-state index in [1.165, 1.54) is 0 Å². The highest BCUT2D eigenvalue weighted by atomic mass is 35.5. The molecule has 1 fully saturated rings. The number of nitrogen functional groups attached to an aromatic ring is 1. The Morgan fingerprint density at radius 2 is 1.94 bits per heavy atom. The van der Waals surface area contributed by atoms with Crippen molar-refractivity contribution in [3.63, 3.8) is 0 Å². The Balaban J connectivity index is 2.15. The van der Waals surface area contributed by atoms with E-state index in [-0.39, 0.29) is 0 Å². The monoisotopic (exact) mass is 263 g/mol. The van der Waals surface area contributed by atoms with Crippen molar-refractivity contribution in [3.8, 4) is 0 Å². The van der Waals surface area contributed by atoms with E-state index in [2.05, 4.69) is 9.88 Å². The lowest BCUT2D eigenvalue weighted by Gasteiger charge is -2.30. The average molecular weight is 264 g/mol. The number of hydrogen-bond donors (Lipinski definition) is 1. The number of morpholine rings is 1. The molecule has 2 aromatic rings. The smallest absolute Gasteiger partial charge is 0.149 e. The summed E-state index contributed by atoms with van der Waals surface area (Å²) in [5.74, 6) is 0.487. The van der Waals surface area contributed by atoms with Crippen molar-refractivity contribution in [2.45, 2.75) is 0 Å². The third-order valence-corrected chi connectivity index (χ3v) is 3.54. The maximum absolute atomic E-state index is 6.48. The van der Waals surface area contributed by atoms with E-state index in [4.69, 9.17) is 22.1 Å².